The number of ketones is 1. The Hall–Kier alpha value is -2.25. The van der Waals surface area contributed by atoms with Crippen molar-refractivity contribution in [1.29, 1.82) is 0 Å². The van der Waals surface area contributed by atoms with E-state index in [9.17, 15) is 22.8 Å². The van der Waals surface area contributed by atoms with Crippen LogP contribution in [0.1, 0.15) is 34.0 Å². The summed E-state index contributed by atoms with van der Waals surface area (Å²) in [5.41, 5.74) is -0.890. The maximum absolute atomic E-state index is 13.1. The number of aliphatic carboxylic acids is 1. The molecule has 0 saturated carbocycles. The summed E-state index contributed by atoms with van der Waals surface area (Å²) in [6, 6.07) is 5.83. The van der Waals surface area contributed by atoms with Crippen molar-refractivity contribution in [2.75, 3.05) is 6.61 Å². The average molecular weight is 433 g/mol. The Kier molecular flexibility index (Phi) is 5.10. The minimum absolute atomic E-state index is 0.0253. The highest BCUT2D eigenvalue weighted by Gasteiger charge is 2.45. The molecule has 148 valence electrons. The molecule has 0 spiro atoms. The minimum atomic E-state index is -4.48. The number of benzene rings is 2. The summed E-state index contributed by atoms with van der Waals surface area (Å²) in [6.07, 6.45) is -4.32. The Morgan fingerprint density at radius 2 is 1.82 bits per heavy atom. The summed E-state index contributed by atoms with van der Waals surface area (Å²) in [5, 5.41) is 8.59. The van der Waals surface area contributed by atoms with Crippen LogP contribution in [0, 0.1) is 0 Å². The van der Waals surface area contributed by atoms with Crippen molar-refractivity contribution in [2.24, 2.45) is 0 Å². The Morgan fingerprint density at radius 1 is 1.21 bits per heavy atom. The fourth-order valence-electron chi connectivity index (χ4n) is 3.28. The average Bonchev–Trinajstić information content (AvgIpc) is 2.88. The second-order valence-electron chi connectivity index (χ2n) is 6.63. The first-order valence-corrected chi connectivity index (χ1v) is 8.78. The van der Waals surface area contributed by atoms with E-state index in [4.69, 9.17) is 33.0 Å². The van der Waals surface area contributed by atoms with Gasteiger partial charge in [-0.1, -0.05) is 35.3 Å². The monoisotopic (exact) mass is 432 g/mol. The minimum Gasteiger partial charge on any atom is -0.480 e. The lowest BCUT2D eigenvalue weighted by molar-refractivity contribution is -0.139. The molecule has 28 heavy (non-hydrogen) atoms. The lowest BCUT2D eigenvalue weighted by Gasteiger charge is -2.23. The molecule has 4 nitrogen and oxygen atoms in total. The Morgan fingerprint density at radius 3 is 2.36 bits per heavy atom. The van der Waals surface area contributed by atoms with Crippen LogP contribution >= 0.6 is 23.2 Å². The highest BCUT2D eigenvalue weighted by molar-refractivity contribution is 6.45. The third kappa shape index (κ3) is 3.44. The third-order valence-electron chi connectivity index (χ3n) is 4.73. The maximum atomic E-state index is 13.1. The van der Waals surface area contributed by atoms with Crippen LogP contribution in [0.2, 0.25) is 10.0 Å². The number of carbonyl (C=O) groups excluding carboxylic acids is 1. The molecule has 0 heterocycles. The third-order valence-corrected chi connectivity index (χ3v) is 5.58. The van der Waals surface area contributed by atoms with Gasteiger partial charge in [-0.25, -0.2) is 4.79 Å². The number of rotatable bonds is 4. The van der Waals surface area contributed by atoms with Gasteiger partial charge in [-0.3, -0.25) is 4.79 Å². The molecule has 1 N–H and O–H groups in total. The SMILES string of the molecule is C[C@]1(c2ccc(C(F)(F)F)cc2)Cc2cc(OCC(=O)O)c(Cl)c(Cl)c2C1=O. The lowest BCUT2D eigenvalue weighted by Crippen LogP contribution is -2.29. The van der Waals surface area contributed by atoms with Gasteiger partial charge in [0.25, 0.3) is 0 Å². The first kappa shape index (κ1) is 20.5. The van der Waals surface area contributed by atoms with E-state index in [2.05, 4.69) is 0 Å². The molecule has 1 aliphatic rings. The molecule has 0 radical (unpaired) electrons. The fraction of sp³-hybridized carbons (Fsp3) is 0.263. The number of ether oxygens (including phenoxy) is 1. The van der Waals surface area contributed by atoms with Crippen LogP contribution in [0.15, 0.2) is 30.3 Å². The quantitative estimate of drug-likeness (QED) is 0.723. The largest absolute Gasteiger partial charge is 0.480 e. The Labute approximate surface area is 167 Å². The van der Waals surface area contributed by atoms with E-state index >= 15 is 0 Å². The van der Waals surface area contributed by atoms with Crippen molar-refractivity contribution in [3.05, 3.63) is 62.6 Å². The van der Waals surface area contributed by atoms with Crippen molar-refractivity contribution in [2.45, 2.75) is 24.9 Å². The van der Waals surface area contributed by atoms with Crippen LogP contribution in [-0.4, -0.2) is 23.5 Å². The molecule has 3 rings (SSSR count). The maximum Gasteiger partial charge on any atom is 0.416 e. The molecule has 0 aliphatic heterocycles. The van der Waals surface area contributed by atoms with Crippen LogP contribution in [0.5, 0.6) is 5.75 Å². The zero-order valence-corrected chi connectivity index (χ0v) is 15.9. The van der Waals surface area contributed by atoms with Gasteiger partial charge in [0.05, 0.1) is 16.0 Å². The van der Waals surface area contributed by atoms with Gasteiger partial charge in [0.15, 0.2) is 12.4 Å². The van der Waals surface area contributed by atoms with Gasteiger partial charge >= 0.3 is 12.1 Å². The number of hydrogen-bond donors (Lipinski definition) is 1. The van der Waals surface area contributed by atoms with E-state index in [-0.39, 0.29) is 33.6 Å². The van der Waals surface area contributed by atoms with Crippen molar-refractivity contribution in [3.63, 3.8) is 0 Å². The molecule has 0 aromatic heterocycles. The van der Waals surface area contributed by atoms with E-state index in [0.29, 0.717) is 11.1 Å². The Bertz CT molecular complexity index is 971. The molecule has 2 aromatic rings. The number of hydrogen-bond acceptors (Lipinski definition) is 3. The van der Waals surface area contributed by atoms with E-state index in [0.717, 1.165) is 12.1 Å². The second kappa shape index (κ2) is 6.97. The topological polar surface area (TPSA) is 63.6 Å². The molecule has 0 unspecified atom stereocenters. The number of alkyl halides is 3. The Balaban J connectivity index is 2.00. The number of fused-ring (bicyclic) bond motifs is 1. The first-order chi connectivity index (χ1) is 12.9. The van der Waals surface area contributed by atoms with Gasteiger partial charge in [-0.15, -0.1) is 0 Å². The second-order valence-corrected chi connectivity index (χ2v) is 7.39. The lowest BCUT2D eigenvalue weighted by atomic mass is 9.78. The summed E-state index contributed by atoms with van der Waals surface area (Å²) in [6.45, 7) is 0.971. The predicted molar refractivity (Wildman–Crippen MR) is 96.4 cm³/mol. The number of carboxylic acids is 1. The number of halogens is 5. The highest BCUT2D eigenvalue weighted by Crippen LogP contribution is 2.47. The van der Waals surface area contributed by atoms with Gasteiger partial charge in [0.2, 0.25) is 0 Å². The van der Waals surface area contributed by atoms with E-state index < -0.39 is 29.7 Å². The summed E-state index contributed by atoms with van der Waals surface area (Å²) in [4.78, 5) is 23.8. The molecular formula is C19H13Cl2F3O4. The first-order valence-electron chi connectivity index (χ1n) is 8.03. The standard InChI is InChI=1S/C19H13Cl2F3O4/c1-18(10-2-4-11(5-3-10)19(22,23)24)7-9-6-12(28-8-13(25)26)15(20)16(21)14(9)17(18)27/h2-6H,7-8H2,1H3,(H,25,26)/t18-/m1/s1. The summed E-state index contributed by atoms with van der Waals surface area (Å²) >= 11 is 12.3. The predicted octanol–water partition coefficient (Wildman–Crippen LogP) is 5.17. The van der Waals surface area contributed by atoms with Gasteiger partial charge in [0.1, 0.15) is 10.8 Å². The molecule has 0 saturated heterocycles. The highest BCUT2D eigenvalue weighted by atomic mass is 35.5. The van der Waals surface area contributed by atoms with Crippen LogP contribution in [0.4, 0.5) is 13.2 Å². The number of carbonyl (C=O) groups is 2. The zero-order chi connectivity index (χ0) is 20.9. The van der Waals surface area contributed by atoms with Gasteiger partial charge in [-0.05, 0) is 42.7 Å². The molecule has 9 heteroatoms. The molecule has 0 bridgehead atoms. The summed E-state index contributed by atoms with van der Waals surface area (Å²) < 4.78 is 43.5. The molecule has 1 aliphatic carbocycles. The van der Waals surface area contributed by atoms with Crippen LogP contribution < -0.4 is 4.74 Å². The van der Waals surface area contributed by atoms with Gasteiger partial charge < -0.3 is 9.84 Å². The number of carboxylic acid groups (broad SMARTS) is 1. The molecule has 1 atom stereocenters. The molecule has 0 amide bonds. The van der Waals surface area contributed by atoms with Crippen LogP contribution in [0.3, 0.4) is 0 Å². The molecule has 0 fully saturated rings. The molecular weight excluding hydrogens is 420 g/mol. The zero-order valence-electron chi connectivity index (χ0n) is 14.4. The van der Waals surface area contributed by atoms with Crippen molar-refractivity contribution in [3.8, 4) is 5.75 Å². The fourth-order valence-corrected chi connectivity index (χ4v) is 3.78. The van der Waals surface area contributed by atoms with E-state index in [1.807, 2.05) is 0 Å². The van der Waals surface area contributed by atoms with Crippen LogP contribution in [-0.2, 0) is 22.8 Å². The van der Waals surface area contributed by atoms with Crippen molar-refractivity contribution in [1.82, 2.24) is 0 Å². The normalized spacial score (nSPS) is 18.9. The van der Waals surface area contributed by atoms with E-state index in [1.165, 1.54) is 18.2 Å². The van der Waals surface area contributed by atoms with Crippen LogP contribution in [0.25, 0.3) is 0 Å². The van der Waals surface area contributed by atoms with Gasteiger partial charge in [0, 0.05) is 5.56 Å². The van der Waals surface area contributed by atoms with Gasteiger partial charge in [-0.2, -0.15) is 13.2 Å². The van der Waals surface area contributed by atoms with E-state index in [1.54, 1.807) is 6.92 Å². The molecule has 2 aromatic carbocycles. The van der Waals surface area contributed by atoms with Crippen molar-refractivity contribution < 1.29 is 32.6 Å². The summed E-state index contributed by atoms with van der Waals surface area (Å²) in [7, 11) is 0. The smallest absolute Gasteiger partial charge is 0.416 e. The number of Topliss-reactive ketones (excluding diaryl/α,β-unsaturated/α-hetero) is 1. The summed E-state index contributed by atoms with van der Waals surface area (Å²) in [5.74, 6) is -1.56. The van der Waals surface area contributed by atoms with Crippen molar-refractivity contribution >= 4 is 35.0 Å².